The Hall–Kier alpha value is -2.18. The van der Waals surface area contributed by atoms with Gasteiger partial charge in [0.1, 0.15) is 11.4 Å². The maximum atomic E-state index is 13.9. The molecular formula is C14H16F3N3O. The topological polar surface area (TPSA) is 52.9 Å². The standard InChI is InChI=1S/C14H16F3N3O/c1-4-19-13(7(2)3)12(18)14(21)20(19)11-6-9(16)8(15)5-10(11)17/h5-7H,4,18H2,1-3H3. The second kappa shape index (κ2) is 5.31. The average molecular weight is 299 g/mol. The van der Waals surface area contributed by atoms with Gasteiger partial charge in [-0.1, -0.05) is 13.8 Å². The van der Waals surface area contributed by atoms with Crippen molar-refractivity contribution >= 4 is 5.69 Å². The van der Waals surface area contributed by atoms with Gasteiger partial charge < -0.3 is 5.73 Å². The maximum absolute atomic E-state index is 13.9. The largest absolute Gasteiger partial charge is 0.393 e. The average Bonchev–Trinajstić information content (AvgIpc) is 2.66. The lowest BCUT2D eigenvalue weighted by atomic mass is 10.1. The molecule has 0 saturated heterocycles. The fraction of sp³-hybridized carbons (Fsp3) is 0.357. The molecule has 1 aromatic heterocycles. The first-order chi connectivity index (χ1) is 9.79. The molecular weight excluding hydrogens is 283 g/mol. The van der Waals surface area contributed by atoms with Crippen molar-refractivity contribution in [3.05, 3.63) is 45.6 Å². The number of hydrogen-bond donors (Lipinski definition) is 1. The van der Waals surface area contributed by atoms with Crippen molar-refractivity contribution in [3.63, 3.8) is 0 Å². The van der Waals surface area contributed by atoms with E-state index in [-0.39, 0.29) is 17.3 Å². The van der Waals surface area contributed by atoms with Crippen LogP contribution in [0.25, 0.3) is 5.69 Å². The summed E-state index contributed by atoms with van der Waals surface area (Å²) in [5.74, 6) is -3.64. The predicted octanol–water partition coefficient (Wildman–Crippen LogP) is 2.78. The molecule has 0 aliphatic carbocycles. The molecule has 2 N–H and O–H groups in total. The minimum absolute atomic E-state index is 0.0176. The number of nitrogens with two attached hydrogens (primary N) is 1. The highest BCUT2D eigenvalue weighted by Gasteiger charge is 2.23. The van der Waals surface area contributed by atoms with Crippen LogP contribution in [0.2, 0.25) is 0 Å². The van der Waals surface area contributed by atoms with E-state index in [4.69, 9.17) is 5.73 Å². The Labute approximate surface area is 119 Å². The molecule has 7 heteroatoms. The highest BCUT2D eigenvalue weighted by atomic mass is 19.2. The van der Waals surface area contributed by atoms with Crippen LogP contribution < -0.4 is 11.3 Å². The van der Waals surface area contributed by atoms with Gasteiger partial charge in [-0.2, -0.15) is 0 Å². The van der Waals surface area contributed by atoms with E-state index in [0.717, 1.165) is 4.68 Å². The summed E-state index contributed by atoms with van der Waals surface area (Å²) in [6.07, 6.45) is 0. The molecule has 0 amide bonds. The van der Waals surface area contributed by atoms with Crippen LogP contribution in [0.4, 0.5) is 18.9 Å². The lowest BCUT2D eigenvalue weighted by Crippen LogP contribution is -2.23. The summed E-state index contributed by atoms with van der Waals surface area (Å²) >= 11 is 0. The molecule has 0 atom stereocenters. The van der Waals surface area contributed by atoms with Crippen molar-refractivity contribution in [1.29, 1.82) is 0 Å². The number of rotatable bonds is 3. The van der Waals surface area contributed by atoms with E-state index in [0.29, 0.717) is 24.4 Å². The Morgan fingerprint density at radius 1 is 1.14 bits per heavy atom. The van der Waals surface area contributed by atoms with Gasteiger partial charge in [-0.05, 0) is 12.8 Å². The number of aromatic nitrogens is 2. The van der Waals surface area contributed by atoms with Crippen LogP contribution in [0.5, 0.6) is 0 Å². The van der Waals surface area contributed by atoms with Gasteiger partial charge in [0.15, 0.2) is 17.5 Å². The Balaban J connectivity index is 2.85. The molecule has 114 valence electrons. The summed E-state index contributed by atoms with van der Waals surface area (Å²) in [5.41, 5.74) is 5.30. The molecule has 0 saturated carbocycles. The van der Waals surface area contributed by atoms with E-state index in [1.54, 1.807) is 6.92 Å². The van der Waals surface area contributed by atoms with Gasteiger partial charge >= 0.3 is 0 Å². The molecule has 1 heterocycles. The van der Waals surface area contributed by atoms with Crippen LogP contribution in [-0.4, -0.2) is 9.36 Å². The fourth-order valence-electron chi connectivity index (χ4n) is 2.41. The Kier molecular flexibility index (Phi) is 3.85. The molecule has 21 heavy (non-hydrogen) atoms. The van der Waals surface area contributed by atoms with Gasteiger partial charge in [-0.25, -0.2) is 17.9 Å². The molecule has 4 nitrogen and oxygen atoms in total. The number of anilines is 1. The summed E-state index contributed by atoms with van der Waals surface area (Å²) in [7, 11) is 0. The third-order valence-corrected chi connectivity index (χ3v) is 3.28. The minimum Gasteiger partial charge on any atom is -0.393 e. The van der Waals surface area contributed by atoms with Gasteiger partial charge in [-0.15, -0.1) is 0 Å². The first kappa shape index (κ1) is 15.2. The Bertz CT molecular complexity index is 747. The minimum atomic E-state index is -1.31. The SMILES string of the molecule is CCn1c(C(C)C)c(N)c(=O)n1-c1cc(F)c(F)cc1F. The molecule has 0 aliphatic rings. The zero-order valence-corrected chi connectivity index (χ0v) is 12.0. The Morgan fingerprint density at radius 2 is 1.71 bits per heavy atom. The third kappa shape index (κ3) is 2.32. The second-order valence-corrected chi connectivity index (χ2v) is 5.00. The zero-order chi connectivity index (χ0) is 15.9. The van der Waals surface area contributed by atoms with Gasteiger partial charge in [0, 0.05) is 18.7 Å². The lowest BCUT2D eigenvalue weighted by Gasteiger charge is -2.15. The summed E-state index contributed by atoms with van der Waals surface area (Å²) in [6.45, 7) is 5.75. The van der Waals surface area contributed by atoms with Gasteiger partial charge in [0.25, 0.3) is 5.56 Å². The van der Waals surface area contributed by atoms with Gasteiger partial charge in [0.05, 0.1) is 5.69 Å². The molecule has 0 fully saturated rings. The van der Waals surface area contributed by atoms with Crippen molar-refractivity contribution in [1.82, 2.24) is 9.36 Å². The lowest BCUT2D eigenvalue weighted by molar-refractivity contribution is 0.477. The molecule has 0 unspecified atom stereocenters. The monoisotopic (exact) mass is 299 g/mol. The van der Waals surface area contributed by atoms with Crippen molar-refractivity contribution in [3.8, 4) is 5.69 Å². The first-order valence-electron chi connectivity index (χ1n) is 6.55. The summed E-state index contributed by atoms with van der Waals surface area (Å²) in [6, 6.07) is 1.07. The highest BCUT2D eigenvalue weighted by Crippen LogP contribution is 2.24. The summed E-state index contributed by atoms with van der Waals surface area (Å²) < 4.78 is 42.8. The quantitative estimate of drug-likeness (QED) is 0.886. The van der Waals surface area contributed by atoms with E-state index in [9.17, 15) is 18.0 Å². The van der Waals surface area contributed by atoms with E-state index >= 15 is 0 Å². The summed E-state index contributed by atoms with van der Waals surface area (Å²) in [4.78, 5) is 12.3. The number of halogens is 3. The number of benzene rings is 1. The molecule has 1 aromatic carbocycles. The summed E-state index contributed by atoms with van der Waals surface area (Å²) in [5, 5.41) is 0. The maximum Gasteiger partial charge on any atom is 0.294 e. The van der Waals surface area contributed by atoms with Crippen molar-refractivity contribution in [2.45, 2.75) is 33.2 Å². The van der Waals surface area contributed by atoms with E-state index in [1.807, 2.05) is 13.8 Å². The first-order valence-corrected chi connectivity index (χ1v) is 6.55. The van der Waals surface area contributed by atoms with Crippen LogP contribution in [0.1, 0.15) is 32.4 Å². The van der Waals surface area contributed by atoms with Gasteiger partial charge in [-0.3, -0.25) is 9.48 Å². The van der Waals surface area contributed by atoms with Crippen molar-refractivity contribution in [2.24, 2.45) is 0 Å². The second-order valence-electron chi connectivity index (χ2n) is 5.00. The number of nitrogens with zero attached hydrogens (tertiary/aromatic N) is 2. The van der Waals surface area contributed by atoms with Crippen LogP contribution in [0.15, 0.2) is 16.9 Å². The number of hydrogen-bond acceptors (Lipinski definition) is 2. The predicted molar refractivity (Wildman–Crippen MR) is 74.1 cm³/mol. The van der Waals surface area contributed by atoms with E-state index in [1.165, 1.54) is 4.68 Å². The Morgan fingerprint density at radius 3 is 2.24 bits per heavy atom. The highest BCUT2D eigenvalue weighted by molar-refractivity contribution is 5.47. The van der Waals surface area contributed by atoms with Crippen molar-refractivity contribution < 1.29 is 13.2 Å². The van der Waals surface area contributed by atoms with Crippen LogP contribution in [-0.2, 0) is 6.54 Å². The van der Waals surface area contributed by atoms with Crippen LogP contribution >= 0.6 is 0 Å². The fourth-order valence-corrected chi connectivity index (χ4v) is 2.41. The molecule has 2 aromatic rings. The van der Waals surface area contributed by atoms with Crippen LogP contribution in [0.3, 0.4) is 0 Å². The zero-order valence-electron chi connectivity index (χ0n) is 12.0. The molecule has 0 bridgehead atoms. The molecule has 0 aliphatic heterocycles. The molecule has 0 spiro atoms. The third-order valence-electron chi connectivity index (χ3n) is 3.28. The number of nitrogen functional groups attached to an aromatic ring is 1. The van der Waals surface area contributed by atoms with Crippen LogP contribution in [0, 0.1) is 17.5 Å². The molecule has 0 radical (unpaired) electrons. The van der Waals surface area contributed by atoms with E-state index < -0.39 is 23.0 Å². The van der Waals surface area contributed by atoms with E-state index in [2.05, 4.69) is 0 Å². The molecule has 2 rings (SSSR count). The van der Waals surface area contributed by atoms with Gasteiger partial charge in [0.2, 0.25) is 0 Å². The normalized spacial score (nSPS) is 11.4. The smallest absolute Gasteiger partial charge is 0.294 e. The van der Waals surface area contributed by atoms with Crippen molar-refractivity contribution in [2.75, 3.05) is 5.73 Å².